The van der Waals surface area contributed by atoms with Crippen LogP contribution >= 0.6 is 11.6 Å². The Labute approximate surface area is 143 Å². The number of aryl methyl sites for hydroxylation is 1. The molecule has 1 fully saturated rings. The standard InChI is InChI=1S/C18H25ClN4/c1-12-9-14-16(5-6-20-17(14)10-15(12)19)21-13(2)18-11-22(3)7-8-23(18)4/h5-6,9-10,13,18H,7-8,11H2,1-4H3,(H,20,21). The number of benzene rings is 1. The van der Waals surface area contributed by atoms with Gasteiger partial charge in [0.25, 0.3) is 0 Å². The van der Waals surface area contributed by atoms with Crippen LogP contribution in [0.15, 0.2) is 24.4 Å². The first-order valence-corrected chi connectivity index (χ1v) is 8.53. The summed E-state index contributed by atoms with van der Waals surface area (Å²) in [5.74, 6) is 0. The Morgan fingerprint density at radius 2 is 2.09 bits per heavy atom. The van der Waals surface area contributed by atoms with Crippen LogP contribution in [0.4, 0.5) is 5.69 Å². The average Bonchev–Trinajstić information content (AvgIpc) is 2.51. The second kappa shape index (κ2) is 6.63. The van der Waals surface area contributed by atoms with Crippen LogP contribution in [-0.2, 0) is 0 Å². The van der Waals surface area contributed by atoms with Crippen LogP contribution in [0.25, 0.3) is 10.9 Å². The number of nitrogens with one attached hydrogen (secondary N) is 1. The van der Waals surface area contributed by atoms with Gasteiger partial charge in [-0.3, -0.25) is 9.88 Å². The van der Waals surface area contributed by atoms with Crippen LogP contribution in [0.1, 0.15) is 12.5 Å². The van der Waals surface area contributed by atoms with E-state index in [1.165, 1.54) is 0 Å². The molecule has 2 aromatic rings. The summed E-state index contributed by atoms with van der Waals surface area (Å²) in [4.78, 5) is 9.30. The van der Waals surface area contributed by atoms with Crippen molar-refractivity contribution in [3.63, 3.8) is 0 Å². The number of fused-ring (bicyclic) bond motifs is 1. The number of aromatic nitrogens is 1. The predicted octanol–water partition coefficient (Wildman–Crippen LogP) is 3.24. The van der Waals surface area contributed by atoms with Gasteiger partial charge in [-0.1, -0.05) is 11.6 Å². The van der Waals surface area contributed by atoms with E-state index in [2.05, 4.69) is 53.3 Å². The molecule has 3 rings (SSSR count). The van der Waals surface area contributed by atoms with Crippen molar-refractivity contribution in [3.8, 4) is 0 Å². The molecule has 0 spiro atoms. The van der Waals surface area contributed by atoms with E-state index < -0.39 is 0 Å². The first kappa shape index (κ1) is 16.5. The van der Waals surface area contributed by atoms with E-state index in [9.17, 15) is 0 Å². The molecule has 124 valence electrons. The summed E-state index contributed by atoms with van der Waals surface area (Å²) in [6, 6.07) is 6.97. The number of likely N-dealkylation sites (N-methyl/N-ethyl adjacent to an activating group) is 2. The topological polar surface area (TPSA) is 31.4 Å². The quantitative estimate of drug-likeness (QED) is 0.935. The van der Waals surface area contributed by atoms with Crippen LogP contribution in [0.5, 0.6) is 0 Å². The lowest BCUT2D eigenvalue weighted by molar-refractivity contribution is 0.105. The lowest BCUT2D eigenvalue weighted by Crippen LogP contribution is -2.56. The number of pyridine rings is 1. The minimum atomic E-state index is 0.351. The fourth-order valence-electron chi connectivity index (χ4n) is 3.33. The molecular formula is C18H25ClN4. The molecule has 2 atom stereocenters. The van der Waals surface area contributed by atoms with Crippen molar-refractivity contribution in [2.75, 3.05) is 39.0 Å². The minimum absolute atomic E-state index is 0.351. The lowest BCUT2D eigenvalue weighted by atomic mass is 10.0. The first-order chi connectivity index (χ1) is 11.0. The highest BCUT2D eigenvalue weighted by atomic mass is 35.5. The molecule has 1 aromatic carbocycles. The second-order valence-electron chi connectivity index (χ2n) is 6.72. The Hall–Kier alpha value is -1.36. The highest BCUT2D eigenvalue weighted by Gasteiger charge is 2.27. The Morgan fingerprint density at radius 3 is 2.87 bits per heavy atom. The van der Waals surface area contributed by atoms with Gasteiger partial charge in [0.15, 0.2) is 0 Å². The third-order valence-electron chi connectivity index (χ3n) is 4.88. The molecule has 1 saturated heterocycles. The van der Waals surface area contributed by atoms with E-state index in [1.807, 2.05) is 19.2 Å². The molecule has 0 aliphatic carbocycles. The average molecular weight is 333 g/mol. The summed E-state index contributed by atoms with van der Waals surface area (Å²) in [6.07, 6.45) is 1.85. The molecule has 0 amide bonds. The molecule has 1 aliphatic heterocycles. The summed E-state index contributed by atoms with van der Waals surface area (Å²) in [5.41, 5.74) is 3.15. The number of halogens is 1. The fourth-order valence-corrected chi connectivity index (χ4v) is 3.48. The van der Waals surface area contributed by atoms with Gasteiger partial charge in [0.1, 0.15) is 0 Å². The van der Waals surface area contributed by atoms with E-state index in [0.717, 1.165) is 46.8 Å². The molecule has 5 heteroatoms. The van der Waals surface area contributed by atoms with Crippen LogP contribution < -0.4 is 5.32 Å². The summed E-state index contributed by atoms with van der Waals surface area (Å²) >= 11 is 6.23. The zero-order valence-corrected chi connectivity index (χ0v) is 15.1. The SMILES string of the molecule is Cc1cc2c(NC(C)C3CN(C)CCN3C)ccnc2cc1Cl. The third kappa shape index (κ3) is 3.44. The maximum absolute atomic E-state index is 6.23. The number of hydrogen-bond donors (Lipinski definition) is 1. The first-order valence-electron chi connectivity index (χ1n) is 8.16. The molecule has 1 N–H and O–H groups in total. The Kier molecular flexibility index (Phi) is 4.76. The van der Waals surface area contributed by atoms with Crippen molar-refractivity contribution >= 4 is 28.2 Å². The van der Waals surface area contributed by atoms with Crippen LogP contribution in [-0.4, -0.2) is 60.6 Å². The van der Waals surface area contributed by atoms with E-state index in [1.54, 1.807) is 0 Å². The van der Waals surface area contributed by atoms with Gasteiger partial charge in [0, 0.05) is 54.0 Å². The van der Waals surface area contributed by atoms with Crippen molar-refractivity contribution in [3.05, 3.63) is 35.0 Å². The molecule has 23 heavy (non-hydrogen) atoms. The van der Waals surface area contributed by atoms with E-state index in [4.69, 9.17) is 11.6 Å². The van der Waals surface area contributed by atoms with Crippen molar-refractivity contribution in [1.29, 1.82) is 0 Å². The van der Waals surface area contributed by atoms with Crippen LogP contribution in [0.2, 0.25) is 5.02 Å². The van der Waals surface area contributed by atoms with Crippen molar-refractivity contribution in [1.82, 2.24) is 14.8 Å². The summed E-state index contributed by atoms with van der Waals surface area (Å²) in [6.45, 7) is 7.62. The van der Waals surface area contributed by atoms with Crippen molar-refractivity contribution < 1.29 is 0 Å². The zero-order chi connectivity index (χ0) is 16.6. The maximum atomic E-state index is 6.23. The summed E-state index contributed by atoms with van der Waals surface area (Å²) in [5, 5.41) is 5.60. The smallest absolute Gasteiger partial charge is 0.0737 e. The van der Waals surface area contributed by atoms with E-state index >= 15 is 0 Å². The number of piperazine rings is 1. The Morgan fingerprint density at radius 1 is 1.30 bits per heavy atom. The molecule has 1 aromatic heterocycles. The predicted molar refractivity (Wildman–Crippen MR) is 98.5 cm³/mol. The summed E-state index contributed by atoms with van der Waals surface area (Å²) < 4.78 is 0. The van der Waals surface area contributed by atoms with Gasteiger partial charge in [0.2, 0.25) is 0 Å². The van der Waals surface area contributed by atoms with Crippen molar-refractivity contribution in [2.24, 2.45) is 0 Å². The molecule has 0 saturated carbocycles. The third-order valence-corrected chi connectivity index (χ3v) is 5.29. The van der Waals surface area contributed by atoms with E-state index in [-0.39, 0.29) is 0 Å². The van der Waals surface area contributed by atoms with E-state index in [0.29, 0.717) is 12.1 Å². The molecule has 1 aliphatic rings. The van der Waals surface area contributed by atoms with Gasteiger partial charge in [-0.25, -0.2) is 0 Å². The molecule has 2 heterocycles. The molecule has 0 bridgehead atoms. The highest BCUT2D eigenvalue weighted by molar-refractivity contribution is 6.32. The largest absolute Gasteiger partial charge is 0.380 e. The van der Waals surface area contributed by atoms with Gasteiger partial charge in [-0.15, -0.1) is 0 Å². The number of anilines is 1. The Bertz CT molecular complexity index is 703. The van der Waals surface area contributed by atoms with Crippen LogP contribution in [0, 0.1) is 6.92 Å². The highest BCUT2D eigenvalue weighted by Crippen LogP contribution is 2.28. The van der Waals surface area contributed by atoms with Gasteiger partial charge >= 0.3 is 0 Å². The lowest BCUT2D eigenvalue weighted by Gasteiger charge is -2.41. The monoisotopic (exact) mass is 332 g/mol. The normalized spacial score (nSPS) is 21.5. The van der Waals surface area contributed by atoms with Gasteiger partial charge in [-0.05, 0) is 51.7 Å². The summed E-state index contributed by atoms with van der Waals surface area (Å²) in [7, 11) is 4.41. The zero-order valence-electron chi connectivity index (χ0n) is 14.3. The molecule has 4 nitrogen and oxygen atoms in total. The van der Waals surface area contributed by atoms with Gasteiger partial charge in [0.05, 0.1) is 5.52 Å². The second-order valence-corrected chi connectivity index (χ2v) is 7.13. The minimum Gasteiger partial charge on any atom is -0.380 e. The molecule has 2 unspecified atom stereocenters. The van der Waals surface area contributed by atoms with Gasteiger partial charge < -0.3 is 10.2 Å². The van der Waals surface area contributed by atoms with Gasteiger partial charge in [-0.2, -0.15) is 0 Å². The molecule has 0 radical (unpaired) electrons. The number of rotatable bonds is 3. The molecular weight excluding hydrogens is 308 g/mol. The van der Waals surface area contributed by atoms with Crippen LogP contribution in [0.3, 0.4) is 0 Å². The maximum Gasteiger partial charge on any atom is 0.0737 e. The number of nitrogens with zero attached hydrogens (tertiary/aromatic N) is 3. The Balaban J connectivity index is 1.87. The van der Waals surface area contributed by atoms with Crippen molar-refractivity contribution in [2.45, 2.75) is 25.9 Å². The fraction of sp³-hybridized carbons (Fsp3) is 0.500. The number of hydrogen-bond acceptors (Lipinski definition) is 4.